The van der Waals surface area contributed by atoms with Crippen molar-refractivity contribution in [2.75, 3.05) is 46.0 Å². The highest BCUT2D eigenvalue weighted by molar-refractivity contribution is 7.91. The minimum absolute atomic E-state index is 0.0348. The second-order valence-corrected chi connectivity index (χ2v) is 19.0. The van der Waals surface area contributed by atoms with Crippen LogP contribution in [0.4, 0.5) is 24.5 Å². The lowest BCUT2D eigenvalue weighted by Crippen LogP contribution is -2.42. The number of methoxy groups -OCH3 is 3. The average Bonchev–Trinajstić information content (AvgIpc) is 3.89. The number of thiazole rings is 1. The SMILES string of the molecule is COc1ccc(CC(c2nccs2)S(=O)(=O)c2ccc3c(c2)OCCN3c2ccc(C(F)(F)F)cc2CC(COC(=O)[C@@](C)(OC)c2ccccc2)OC(=O)[C@@](C)(OC)c2ccccc2)cc1. The number of carbonyl (C=O) groups is 2. The van der Waals surface area contributed by atoms with Gasteiger partial charge in [0.1, 0.15) is 41.1 Å². The third kappa shape index (κ3) is 10.5. The molecule has 0 aliphatic carbocycles. The number of aromatic nitrogens is 1. The first kappa shape index (κ1) is 48.7. The fourth-order valence-electron chi connectivity index (χ4n) is 7.78. The smallest absolute Gasteiger partial charge is 0.416 e. The Labute approximate surface area is 391 Å². The van der Waals surface area contributed by atoms with Crippen LogP contribution in [0.25, 0.3) is 0 Å². The molecule has 352 valence electrons. The van der Waals surface area contributed by atoms with Crippen molar-refractivity contribution in [3.8, 4) is 11.5 Å². The summed E-state index contributed by atoms with van der Waals surface area (Å²) in [7, 11) is 0.0984. The summed E-state index contributed by atoms with van der Waals surface area (Å²) in [4.78, 5) is 34.1. The van der Waals surface area contributed by atoms with E-state index in [2.05, 4.69) is 4.98 Å². The molecule has 2 heterocycles. The number of fused-ring (bicyclic) bond motifs is 1. The van der Waals surface area contributed by atoms with Crippen LogP contribution in [0.1, 0.15) is 51.9 Å². The zero-order valence-electron chi connectivity index (χ0n) is 37.3. The molecular formula is C50H49F3N2O10S2. The molecule has 0 radical (unpaired) electrons. The van der Waals surface area contributed by atoms with E-state index < -0.39 is 62.7 Å². The quantitative estimate of drug-likeness (QED) is 0.0758. The predicted molar refractivity (Wildman–Crippen MR) is 245 cm³/mol. The third-order valence-electron chi connectivity index (χ3n) is 11.9. The Balaban J connectivity index is 1.25. The van der Waals surface area contributed by atoms with E-state index in [4.69, 9.17) is 28.4 Å². The molecule has 12 nitrogen and oxygen atoms in total. The number of nitrogens with zero attached hydrogens (tertiary/aromatic N) is 2. The topological polar surface area (TPSA) is 140 Å². The van der Waals surface area contributed by atoms with E-state index in [0.29, 0.717) is 27.6 Å². The first-order valence-electron chi connectivity index (χ1n) is 21.1. The number of ether oxygens (including phenoxy) is 6. The zero-order chi connectivity index (χ0) is 48.0. The molecule has 6 aromatic rings. The highest BCUT2D eigenvalue weighted by Crippen LogP contribution is 2.44. The van der Waals surface area contributed by atoms with Crippen LogP contribution in [0, 0.1) is 0 Å². The third-order valence-corrected chi connectivity index (χ3v) is 15.0. The molecule has 0 saturated carbocycles. The summed E-state index contributed by atoms with van der Waals surface area (Å²) >= 11 is 1.22. The van der Waals surface area contributed by atoms with E-state index in [9.17, 15) is 31.2 Å². The van der Waals surface area contributed by atoms with Crippen LogP contribution in [0.2, 0.25) is 0 Å². The number of hydrogen-bond acceptors (Lipinski definition) is 13. The maximum atomic E-state index is 14.5. The van der Waals surface area contributed by atoms with E-state index in [1.165, 1.54) is 57.6 Å². The number of hydrogen-bond donors (Lipinski definition) is 0. The summed E-state index contributed by atoms with van der Waals surface area (Å²) in [5.74, 6) is -0.925. The molecule has 1 aromatic heterocycles. The van der Waals surface area contributed by atoms with Gasteiger partial charge in [-0.2, -0.15) is 13.2 Å². The van der Waals surface area contributed by atoms with Gasteiger partial charge in [-0.1, -0.05) is 72.8 Å². The lowest BCUT2D eigenvalue weighted by atomic mass is 9.95. The van der Waals surface area contributed by atoms with E-state index in [0.717, 1.165) is 17.7 Å². The van der Waals surface area contributed by atoms with Crippen LogP contribution in [0.15, 0.2) is 138 Å². The Morgan fingerprint density at radius 1 is 0.776 bits per heavy atom. The molecule has 0 bridgehead atoms. The summed E-state index contributed by atoms with van der Waals surface area (Å²) < 4.78 is 107. The molecule has 0 fully saturated rings. The number of alkyl halides is 3. The van der Waals surface area contributed by atoms with E-state index in [1.54, 1.807) is 115 Å². The summed E-state index contributed by atoms with van der Waals surface area (Å²) in [6.45, 7) is 2.61. The molecule has 5 aromatic carbocycles. The molecule has 0 saturated heterocycles. The number of esters is 2. The molecular weight excluding hydrogens is 910 g/mol. The number of sulfone groups is 1. The van der Waals surface area contributed by atoms with E-state index >= 15 is 0 Å². The van der Waals surface area contributed by atoms with Gasteiger partial charge in [-0.3, -0.25) is 0 Å². The molecule has 1 aliphatic rings. The van der Waals surface area contributed by atoms with E-state index in [1.807, 2.05) is 0 Å². The monoisotopic (exact) mass is 958 g/mol. The van der Waals surface area contributed by atoms with Crippen molar-refractivity contribution in [3.63, 3.8) is 0 Å². The predicted octanol–water partition coefficient (Wildman–Crippen LogP) is 9.58. The second kappa shape index (κ2) is 20.3. The number of halogens is 3. The minimum Gasteiger partial charge on any atom is -0.497 e. The zero-order valence-corrected chi connectivity index (χ0v) is 39.0. The molecule has 7 rings (SSSR count). The standard InChI is InChI=1S/C50H49F3N2O10S2/c1-48(61-4,35-12-8-6-9-13-35)46(56)64-32-39(65-47(57)49(2,62-5)36-14-10-7-11-15-36)30-34-29-37(50(51,52)53)18-22-41(34)55-25-26-63-43-31-40(21-23-42(43)55)67(58,59)44(45-54-24-27-66-45)28-33-16-19-38(60-3)20-17-33/h6-24,27,29,31,39,44H,25-26,28,30,32H2,1-5H3/t39?,44?,48-,49-/m0/s1. The lowest BCUT2D eigenvalue weighted by Gasteiger charge is -2.34. The Hall–Kier alpha value is -6.27. The molecule has 0 N–H and O–H groups in total. The minimum atomic E-state index is -4.77. The second-order valence-electron chi connectivity index (χ2n) is 16.0. The highest BCUT2D eigenvalue weighted by atomic mass is 32.2. The fraction of sp³-hybridized carbons (Fsp3) is 0.300. The van der Waals surface area contributed by atoms with Crippen molar-refractivity contribution in [1.29, 1.82) is 0 Å². The van der Waals surface area contributed by atoms with Crippen LogP contribution in [0.3, 0.4) is 0 Å². The van der Waals surface area contributed by atoms with Gasteiger partial charge in [0.05, 0.1) is 29.8 Å². The first-order valence-corrected chi connectivity index (χ1v) is 23.5. The molecule has 0 spiro atoms. The van der Waals surface area contributed by atoms with Crippen molar-refractivity contribution in [2.24, 2.45) is 0 Å². The number of carbonyl (C=O) groups excluding carboxylic acids is 2. The summed E-state index contributed by atoms with van der Waals surface area (Å²) in [5, 5.41) is 1.05. The van der Waals surface area contributed by atoms with Crippen molar-refractivity contribution < 1.29 is 59.6 Å². The fourth-order valence-corrected chi connectivity index (χ4v) is 10.5. The van der Waals surface area contributed by atoms with Crippen molar-refractivity contribution >= 4 is 44.5 Å². The maximum absolute atomic E-state index is 14.5. The lowest BCUT2D eigenvalue weighted by molar-refractivity contribution is -0.184. The van der Waals surface area contributed by atoms with Crippen LogP contribution >= 0.6 is 11.3 Å². The molecule has 4 atom stereocenters. The molecule has 0 amide bonds. The van der Waals surface area contributed by atoms with Crippen LogP contribution in [-0.4, -0.2) is 72.5 Å². The highest BCUT2D eigenvalue weighted by Gasteiger charge is 2.42. The largest absolute Gasteiger partial charge is 0.497 e. The summed E-state index contributed by atoms with van der Waals surface area (Å²) in [5.41, 5.74) is -1.84. The molecule has 17 heteroatoms. The van der Waals surface area contributed by atoms with Gasteiger partial charge in [0.2, 0.25) is 0 Å². The number of rotatable bonds is 18. The van der Waals surface area contributed by atoms with Crippen molar-refractivity contribution in [1.82, 2.24) is 4.98 Å². The summed E-state index contributed by atoms with van der Waals surface area (Å²) in [6, 6.07) is 31.8. The average molecular weight is 959 g/mol. The Morgan fingerprint density at radius 2 is 1.40 bits per heavy atom. The Morgan fingerprint density at radius 3 is 1.99 bits per heavy atom. The van der Waals surface area contributed by atoms with Crippen LogP contribution in [-0.2, 0) is 68.6 Å². The molecule has 67 heavy (non-hydrogen) atoms. The van der Waals surface area contributed by atoms with E-state index in [-0.39, 0.29) is 47.9 Å². The van der Waals surface area contributed by atoms with Crippen molar-refractivity contribution in [3.05, 3.63) is 166 Å². The van der Waals surface area contributed by atoms with Gasteiger partial charge < -0.3 is 33.3 Å². The maximum Gasteiger partial charge on any atom is 0.416 e. The van der Waals surface area contributed by atoms with Crippen molar-refractivity contribution in [2.45, 2.75) is 60.3 Å². The van der Waals surface area contributed by atoms with Gasteiger partial charge in [0.15, 0.2) is 21.0 Å². The summed E-state index contributed by atoms with van der Waals surface area (Å²) in [6.07, 6.45) is -4.85. The van der Waals surface area contributed by atoms with Crippen LogP contribution < -0.4 is 14.4 Å². The Bertz CT molecular complexity index is 2760. The van der Waals surface area contributed by atoms with Gasteiger partial charge in [0.25, 0.3) is 0 Å². The van der Waals surface area contributed by atoms with Gasteiger partial charge in [-0.25, -0.2) is 23.0 Å². The first-order chi connectivity index (χ1) is 32.0. The number of anilines is 2. The molecule has 2 unspecified atom stereocenters. The molecule has 1 aliphatic heterocycles. The van der Waals surface area contributed by atoms with Gasteiger partial charge in [0, 0.05) is 44.0 Å². The Kier molecular flexibility index (Phi) is 14.7. The van der Waals surface area contributed by atoms with Gasteiger partial charge >= 0.3 is 18.1 Å². The number of benzene rings is 5. The van der Waals surface area contributed by atoms with Gasteiger partial charge in [-0.15, -0.1) is 11.3 Å². The van der Waals surface area contributed by atoms with Gasteiger partial charge in [-0.05, 0) is 85.0 Å². The normalized spacial score (nSPS) is 15.5. The van der Waals surface area contributed by atoms with Crippen LogP contribution in [0.5, 0.6) is 11.5 Å².